The number of nitrogens with zero attached hydrogens (tertiary/aromatic N) is 2. The molecule has 0 fully saturated rings. The maximum absolute atomic E-state index is 11.7. The molecule has 17 heavy (non-hydrogen) atoms. The predicted octanol–water partition coefficient (Wildman–Crippen LogP) is 0.575. The number of amides is 1. The molecule has 0 bridgehead atoms. The fourth-order valence-electron chi connectivity index (χ4n) is 1.53. The molecule has 94 valence electrons. The molecule has 3 N–H and O–H groups in total. The summed E-state index contributed by atoms with van der Waals surface area (Å²) in [7, 11) is 1.88. The van der Waals surface area contributed by atoms with Crippen LogP contribution in [-0.2, 0) is 18.4 Å². The second kappa shape index (κ2) is 5.27. The van der Waals surface area contributed by atoms with Crippen molar-refractivity contribution < 1.29 is 4.79 Å². The third-order valence-corrected chi connectivity index (χ3v) is 3.27. The van der Waals surface area contributed by atoms with Crippen LogP contribution in [0.2, 0.25) is 0 Å². The normalized spacial score (nSPS) is 12.2. The zero-order valence-electron chi connectivity index (χ0n) is 10.6. The van der Waals surface area contributed by atoms with Gasteiger partial charge in [-0.3, -0.25) is 9.48 Å². The third kappa shape index (κ3) is 3.03. The Morgan fingerprint density at radius 3 is 2.59 bits per heavy atom. The van der Waals surface area contributed by atoms with Gasteiger partial charge in [0.1, 0.15) is 0 Å². The summed E-state index contributed by atoms with van der Waals surface area (Å²) in [4.78, 5) is 11.9. The average Bonchev–Trinajstić information content (AvgIpc) is 2.49. The second-order valence-corrected chi connectivity index (χ2v) is 4.59. The van der Waals surface area contributed by atoms with E-state index in [9.17, 15) is 4.79 Å². The van der Waals surface area contributed by atoms with Gasteiger partial charge in [-0.1, -0.05) is 12.2 Å². The van der Waals surface area contributed by atoms with E-state index in [0.717, 1.165) is 17.0 Å². The van der Waals surface area contributed by atoms with Crippen LogP contribution in [0.1, 0.15) is 23.9 Å². The van der Waals surface area contributed by atoms with E-state index >= 15 is 0 Å². The van der Waals surface area contributed by atoms with Gasteiger partial charge in [0.2, 0.25) is 5.91 Å². The molecule has 1 atom stereocenters. The van der Waals surface area contributed by atoms with Crippen LogP contribution in [0.4, 0.5) is 0 Å². The highest BCUT2D eigenvalue weighted by Crippen LogP contribution is 2.11. The number of rotatable bonds is 4. The standard InChI is InChI=1S/C11H18N4OS/c1-6(10(12)17)11(16)13-5-9-7(2)14-15(4)8(9)3/h6H,5H2,1-4H3,(H2,12,17)(H,13,16). The molecule has 0 aliphatic carbocycles. The highest BCUT2D eigenvalue weighted by atomic mass is 32.1. The number of hydrogen-bond acceptors (Lipinski definition) is 3. The molecule has 1 unspecified atom stereocenters. The largest absolute Gasteiger partial charge is 0.393 e. The summed E-state index contributed by atoms with van der Waals surface area (Å²) in [6, 6.07) is 0. The lowest BCUT2D eigenvalue weighted by molar-refractivity contribution is -0.122. The number of nitrogens with two attached hydrogens (primary N) is 1. The zero-order chi connectivity index (χ0) is 13.2. The van der Waals surface area contributed by atoms with Crippen LogP contribution >= 0.6 is 12.2 Å². The first-order chi connectivity index (χ1) is 7.84. The molecule has 1 amide bonds. The summed E-state index contributed by atoms with van der Waals surface area (Å²) in [6.45, 7) is 6.04. The molecule has 0 aliphatic heterocycles. The molecule has 1 aromatic heterocycles. The predicted molar refractivity (Wildman–Crippen MR) is 70.5 cm³/mol. The third-order valence-electron chi connectivity index (χ3n) is 2.92. The summed E-state index contributed by atoms with van der Waals surface area (Å²) in [5.41, 5.74) is 8.43. The molecule has 0 saturated carbocycles. The molecule has 0 aromatic carbocycles. The number of carbonyl (C=O) groups excluding carboxylic acids is 1. The molecule has 0 spiro atoms. The van der Waals surface area contributed by atoms with Crippen LogP contribution in [0.5, 0.6) is 0 Å². The van der Waals surface area contributed by atoms with Crippen molar-refractivity contribution in [3.8, 4) is 0 Å². The molecule has 5 nitrogen and oxygen atoms in total. The Hall–Kier alpha value is -1.43. The van der Waals surface area contributed by atoms with Crippen molar-refractivity contribution in [3.05, 3.63) is 17.0 Å². The van der Waals surface area contributed by atoms with Gasteiger partial charge in [-0.05, 0) is 20.8 Å². The first kappa shape index (κ1) is 13.6. The molecule has 0 radical (unpaired) electrons. The monoisotopic (exact) mass is 254 g/mol. The first-order valence-corrected chi connectivity index (χ1v) is 5.81. The zero-order valence-corrected chi connectivity index (χ0v) is 11.4. The lowest BCUT2D eigenvalue weighted by atomic mass is 10.1. The Morgan fingerprint density at radius 1 is 1.59 bits per heavy atom. The molecule has 1 heterocycles. The summed E-state index contributed by atoms with van der Waals surface area (Å²) in [5.74, 6) is -0.595. The molecule has 1 rings (SSSR count). The van der Waals surface area contributed by atoms with E-state index in [2.05, 4.69) is 10.4 Å². The van der Waals surface area contributed by atoms with Crippen LogP contribution in [0.25, 0.3) is 0 Å². The minimum Gasteiger partial charge on any atom is -0.393 e. The van der Waals surface area contributed by atoms with Crippen molar-refractivity contribution >= 4 is 23.1 Å². The van der Waals surface area contributed by atoms with Crippen molar-refractivity contribution in [2.24, 2.45) is 18.7 Å². The lowest BCUT2D eigenvalue weighted by Crippen LogP contribution is -2.35. The fraction of sp³-hybridized carbons (Fsp3) is 0.545. The van der Waals surface area contributed by atoms with Crippen molar-refractivity contribution in [2.45, 2.75) is 27.3 Å². The van der Waals surface area contributed by atoms with Crippen LogP contribution in [0.3, 0.4) is 0 Å². The number of carbonyl (C=O) groups is 1. The number of hydrogen-bond donors (Lipinski definition) is 2. The van der Waals surface area contributed by atoms with Gasteiger partial charge in [0.25, 0.3) is 0 Å². The minimum absolute atomic E-state index is 0.153. The van der Waals surface area contributed by atoms with Gasteiger partial charge in [-0.15, -0.1) is 0 Å². The average molecular weight is 254 g/mol. The van der Waals surface area contributed by atoms with Gasteiger partial charge in [-0.2, -0.15) is 5.10 Å². The Morgan fingerprint density at radius 2 is 2.18 bits per heavy atom. The van der Waals surface area contributed by atoms with Crippen LogP contribution < -0.4 is 11.1 Å². The van der Waals surface area contributed by atoms with Crippen molar-refractivity contribution in [2.75, 3.05) is 0 Å². The van der Waals surface area contributed by atoms with Crippen molar-refractivity contribution in [3.63, 3.8) is 0 Å². The maximum atomic E-state index is 11.7. The lowest BCUT2D eigenvalue weighted by Gasteiger charge is -2.10. The highest BCUT2D eigenvalue weighted by Gasteiger charge is 2.16. The number of aryl methyl sites for hydroxylation is 2. The van der Waals surface area contributed by atoms with Crippen molar-refractivity contribution in [1.29, 1.82) is 0 Å². The van der Waals surface area contributed by atoms with Crippen LogP contribution in [0, 0.1) is 19.8 Å². The van der Waals surface area contributed by atoms with E-state index in [1.807, 2.05) is 20.9 Å². The highest BCUT2D eigenvalue weighted by molar-refractivity contribution is 7.80. The summed E-state index contributed by atoms with van der Waals surface area (Å²) in [5, 5.41) is 7.10. The van der Waals surface area contributed by atoms with Crippen molar-refractivity contribution in [1.82, 2.24) is 15.1 Å². The van der Waals surface area contributed by atoms with Gasteiger partial charge in [-0.25, -0.2) is 0 Å². The van der Waals surface area contributed by atoms with E-state index in [0.29, 0.717) is 6.54 Å². The van der Waals surface area contributed by atoms with E-state index in [1.54, 1.807) is 11.6 Å². The van der Waals surface area contributed by atoms with E-state index in [-0.39, 0.29) is 10.9 Å². The van der Waals surface area contributed by atoms with Gasteiger partial charge in [0, 0.05) is 24.8 Å². The molecular formula is C11H18N4OS. The van der Waals surface area contributed by atoms with Gasteiger partial charge < -0.3 is 11.1 Å². The summed E-state index contributed by atoms with van der Waals surface area (Å²) < 4.78 is 1.80. The Balaban J connectivity index is 2.68. The molecular weight excluding hydrogens is 236 g/mol. The summed E-state index contributed by atoms with van der Waals surface area (Å²) >= 11 is 4.78. The number of nitrogens with one attached hydrogen (secondary N) is 1. The molecule has 1 aromatic rings. The summed E-state index contributed by atoms with van der Waals surface area (Å²) in [6.07, 6.45) is 0. The van der Waals surface area contributed by atoms with E-state index in [1.165, 1.54) is 0 Å². The topological polar surface area (TPSA) is 72.9 Å². The first-order valence-electron chi connectivity index (χ1n) is 5.40. The van der Waals surface area contributed by atoms with Crippen LogP contribution in [-0.4, -0.2) is 20.7 Å². The van der Waals surface area contributed by atoms with E-state index in [4.69, 9.17) is 18.0 Å². The molecule has 0 saturated heterocycles. The smallest absolute Gasteiger partial charge is 0.229 e. The van der Waals surface area contributed by atoms with E-state index < -0.39 is 5.92 Å². The number of aromatic nitrogens is 2. The second-order valence-electron chi connectivity index (χ2n) is 4.11. The maximum Gasteiger partial charge on any atom is 0.229 e. The number of thiocarbonyl (C=S) groups is 1. The molecule has 6 heteroatoms. The minimum atomic E-state index is -0.442. The van der Waals surface area contributed by atoms with Gasteiger partial charge >= 0.3 is 0 Å². The van der Waals surface area contributed by atoms with Gasteiger partial charge in [0.15, 0.2) is 0 Å². The Bertz CT molecular complexity index is 453. The SMILES string of the molecule is Cc1nn(C)c(C)c1CNC(=O)C(C)C(N)=S. The van der Waals surface area contributed by atoms with Crippen LogP contribution in [0.15, 0.2) is 0 Å². The Labute approximate surface area is 106 Å². The fourth-order valence-corrected chi connectivity index (χ4v) is 1.64. The Kier molecular flexibility index (Phi) is 4.22. The molecule has 0 aliphatic rings. The quantitative estimate of drug-likeness (QED) is 0.771. The van der Waals surface area contributed by atoms with Gasteiger partial charge in [0.05, 0.1) is 16.6 Å².